The first-order valence-corrected chi connectivity index (χ1v) is 10.4. The van der Waals surface area contributed by atoms with Crippen molar-refractivity contribution in [2.45, 2.75) is 0 Å². The number of para-hydroxylation sites is 2. The molecule has 0 saturated carbocycles. The molecule has 2 aromatic carbocycles. The van der Waals surface area contributed by atoms with E-state index in [4.69, 9.17) is 20.6 Å². The summed E-state index contributed by atoms with van der Waals surface area (Å²) in [6.45, 7) is -0.415. The third kappa shape index (κ3) is 5.45. The first-order valence-electron chi connectivity index (χ1n) is 9.59. The topological polar surface area (TPSA) is 106 Å². The fourth-order valence-corrected chi connectivity index (χ4v) is 3.61. The fraction of sp³-hybridized carbons (Fsp3) is 0.174. The Balaban J connectivity index is 1.76. The maximum Gasteiger partial charge on any atom is 0.329 e. The van der Waals surface area contributed by atoms with E-state index >= 15 is 0 Å². The van der Waals surface area contributed by atoms with E-state index in [9.17, 15) is 14.4 Å². The highest BCUT2D eigenvalue weighted by Crippen LogP contribution is 2.37. The van der Waals surface area contributed by atoms with Gasteiger partial charge in [0.25, 0.3) is 5.91 Å². The second-order valence-electron chi connectivity index (χ2n) is 6.65. The predicted octanol–water partition coefficient (Wildman–Crippen LogP) is 3.01. The van der Waals surface area contributed by atoms with Crippen LogP contribution in [0.15, 0.2) is 46.6 Å². The van der Waals surface area contributed by atoms with Gasteiger partial charge >= 0.3 is 6.03 Å². The molecule has 170 valence electrons. The summed E-state index contributed by atoms with van der Waals surface area (Å²) in [5.74, 6) is 2.43. The van der Waals surface area contributed by atoms with Crippen LogP contribution in [0, 0.1) is 12.3 Å². The number of rotatable bonds is 8. The Kier molecular flexibility index (Phi) is 7.58. The van der Waals surface area contributed by atoms with Crippen LogP contribution >= 0.6 is 15.9 Å². The number of anilines is 1. The number of hydrogen-bond donors (Lipinski definition) is 2. The van der Waals surface area contributed by atoms with E-state index in [1.54, 1.807) is 36.4 Å². The number of amides is 4. The molecule has 1 saturated heterocycles. The molecule has 9 nitrogen and oxygen atoms in total. The first-order chi connectivity index (χ1) is 15.9. The lowest BCUT2D eigenvalue weighted by Gasteiger charge is -2.13. The average Bonchev–Trinajstić information content (AvgIpc) is 3.05. The Morgan fingerprint density at radius 1 is 1.21 bits per heavy atom. The SMILES string of the molecule is C#CCOc1c(Br)cc(/C=C2/NC(=O)N(CC(=O)Nc3ccccc3OC)C2=O)cc1OC. The van der Waals surface area contributed by atoms with Crippen molar-refractivity contribution in [3.63, 3.8) is 0 Å². The number of methoxy groups -OCH3 is 2. The number of ether oxygens (including phenoxy) is 3. The quantitative estimate of drug-likeness (QED) is 0.319. The van der Waals surface area contributed by atoms with E-state index in [1.807, 2.05) is 0 Å². The lowest BCUT2D eigenvalue weighted by atomic mass is 10.1. The summed E-state index contributed by atoms with van der Waals surface area (Å²) >= 11 is 3.38. The molecule has 1 aliphatic rings. The molecule has 33 heavy (non-hydrogen) atoms. The first kappa shape index (κ1) is 23.7. The molecule has 0 atom stereocenters. The maximum atomic E-state index is 12.8. The van der Waals surface area contributed by atoms with E-state index < -0.39 is 24.4 Å². The van der Waals surface area contributed by atoms with Crippen LogP contribution in [0.4, 0.5) is 10.5 Å². The predicted molar refractivity (Wildman–Crippen MR) is 125 cm³/mol. The van der Waals surface area contributed by atoms with Crippen LogP contribution in [0.2, 0.25) is 0 Å². The van der Waals surface area contributed by atoms with Crippen LogP contribution in [-0.2, 0) is 9.59 Å². The Morgan fingerprint density at radius 2 is 1.94 bits per heavy atom. The molecule has 0 bridgehead atoms. The number of carbonyl (C=O) groups excluding carboxylic acids is 3. The molecule has 2 N–H and O–H groups in total. The molecule has 1 heterocycles. The van der Waals surface area contributed by atoms with Crippen molar-refractivity contribution in [1.82, 2.24) is 10.2 Å². The van der Waals surface area contributed by atoms with Gasteiger partial charge in [-0.25, -0.2) is 9.69 Å². The zero-order chi connectivity index (χ0) is 24.0. The second kappa shape index (κ2) is 10.6. The highest BCUT2D eigenvalue weighted by Gasteiger charge is 2.35. The van der Waals surface area contributed by atoms with Crippen LogP contribution in [0.1, 0.15) is 5.56 Å². The summed E-state index contributed by atoms with van der Waals surface area (Å²) in [4.78, 5) is 38.3. The molecule has 0 aromatic heterocycles. The van der Waals surface area contributed by atoms with Gasteiger partial charge in [-0.3, -0.25) is 9.59 Å². The second-order valence-corrected chi connectivity index (χ2v) is 7.51. The highest BCUT2D eigenvalue weighted by molar-refractivity contribution is 9.10. The maximum absolute atomic E-state index is 12.8. The van der Waals surface area contributed by atoms with Gasteiger partial charge in [-0.15, -0.1) is 6.42 Å². The fourth-order valence-electron chi connectivity index (χ4n) is 3.04. The van der Waals surface area contributed by atoms with Gasteiger partial charge in [0.2, 0.25) is 5.91 Å². The molecule has 1 aliphatic heterocycles. The van der Waals surface area contributed by atoms with Crippen LogP contribution in [0.25, 0.3) is 6.08 Å². The Bertz CT molecular complexity index is 1170. The molecular formula is C23H20BrN3O6. The molecule has 0 spiro atoms. The number of nitrogens with one attached hydrogen (secondary N) is 2. The van der Waals surface area contributed by atoms with Gasteiger partial charge < -0.3 is 24.8 Å². The smallest absolute Gasteiger partial charge is 0.329 e. The lowest BCUT2D eigenvalue weighted by Crippen LogP contribution is -2.38. The third-order valence-electron chi connectivity index (χ3n) is 4.51. The van der Waals surface area contributed by atoms with Crippen molar-refractivity contribution < 1.29 is 28.6 Å². The van der Waals surface area contributed by atoms with Crippen molar-refractivity contribution in [1.29, 1.82) is 0 Å². The lowest BCUT2D eigenvalue weighted by molar-refractivity contribution is -0.127. The summed E-state index contributed by atoms with van der Waals surface area (Å²) in [5.41, 5.74) is 0.990. The number of urea groups is 1. The molecule has 0 aliphatic carbocycles. The Morgan fingerprint density at radius 3 is 2.64 bits per heavy atom. The normalized spacial score (nSPS) is 14.0. The minimum Gasteiger partial charge on any atom is -0.495 e. The summed E-state index contributed by atoms with van der Waals surface area (Å²) in [6, 6.07) is 9.40. The van der Waals surface area contributed by atoms with Crippen molar-refractivity contribution in [2.24, 2.45) is 0 Å². The van der Waals surface area contributed by atoms with Gasteiger partial charge in [-0.1, -0.05) is 18.1 Å². The van der Waals surface area contributed by atoms with Gasteiger partial charge in [0.1, 0.15) is 24.6 Å². The molecule has 0 radical (unpaired) electrons. The van der Waals surface area contributed by atoms with Crippen molar-refractivity contribution in [3.8, 4) is 29.6 Å². The number of nitrogens with zero attached hydrogens (tertiary/aromatic N) is 1. The standard InChI is InChI=1S/C23H20BrN3O6/c1-4-9-33-21-15(24)10-14(12-19(21)32-3)11-17-22(29)27(23(30)26-17)13-20(28)25-16-7-5-6-8-18(16)31-2/h1,5-8,10-12H,9,13H2,2-3H3,(H,25,28)(H,26,30)/b17-11+. The number of carbonyl (C=O) groups is 3. The molecule has 2 aromatic rings. The number of imide groups is 1. The van der Waals surface area contributed by atoms with Crippen LogP contribution in [-0.4, -0.2) is 50.1 Å². The van der Waals surface area contributed by atoms with Crippen LogP contribution < -0.4 is 24.8 Å². The van der Waals surface area contributed by atoms with Gasteiger partial charge in [-0.2, -0.15) is 0 Å². The molecule has 10 heteroatoms. The zero-order valence-electron chi connectivity index (χ0n) is 17.8. The molecule has 4 amide bonds. The van der Waals surface area contributed by atoms with Gasteiger partial charge in [0.15, 0.2) is 11.5 Å². The molecule has 3 rings (SSSR count). The van der Waals surface area contributed by atoms with Crippen LogP contribution in [0.5, 0.6) is 17.2 Å². The van der Waals surface area contributed by atoms with Crippen LogP contribution in [0.3, 0.4) is 0 Å². The number of terminal acetylenes is 1. The summed E-state index contributed by atoms with van der Waals surface area (Å²) in [6.07, 6.45) is 6.70. The molecular weight excluding hydrogens is 494 g/mol. The minimum absolute atomic E-state index is 0.0105. The third-order valence-corrected chi connectivity index (χ3v) is 5.10. The van der Waals surface area contributed by atoms with Gasteiger partial charge in [0.05, 0.1) is 24.4 Å². The highest BCUT2D eigenvalue weighted by atomic mass is 79.9. The number of benzene rings is 2. The number of halogens is 1. The monoisotopic (exact) mass is 513 g/mol. The molecule has 1 fully saturated rings. The van der Waals surface area contributed by atoms with Crippen molar-refractivity contribution in [3.05, 3.63) is 52.1 Å². The average molecular weight is 514 g/mol. The zero-order valence-corrected chi connectivity index (χ0v) is 19.4. The Hall–Kier alpha value is -3.97. The van der Waals surface area contributed by atoms with Gasteiger partial charge in [0, 0.05) is 0 Å². The van der Waals surface area contributed by atoms with Crippen molar-refractivity contribution >= 4 is 45.5 Å². The largest absolute Gasteiger partial charge is 0.495 e. The van der Waals surface area contributed by atoms with E-state index in [-0.39, 0.29) is 12.3 Å². The summed E-state index contributed by atoms with van der Waals surface area (Å²) in [5, 5.41) is 5.11. The van der Waals surface area contributed by atoms with E-state index in [2.05, 4.69) is 32.5 Å². The van der Waals surface area contributed by atoms with E-state index in [0.717, 1.165) is 4.90 Å². The summed E-state index contributed by atoms with van der Waals surface area (Å²) < 4.78 is 16.5. The van der Waals surface area contributed by atoms with Gasteiger partial charge in [-0.05, 0) is 51.8 Å². The van der Waals surface area contributed by atoms with Crippen molar-refractivity contribution in [2.75, 3.05) is 32.7 Å². The summed E-state index contributed by atoms with van der Waals surface area (Å²) in [7, 11) is 2.94. The Labute approximate surface area is 198 Å². The van der Waals surface area contributed by atoms with E-state index in [0.29, 0.717) is 33.0 Å². The molecule has 0 unspecified atom stereocenters. The minimum atomic E-state index is -0.707. The van der Waals surface area contributed by atoms with E-state index in [1.165, 1.54) is 20.3 Å². The number of hydrogen-bond acceptors (Lipinski definition) is 6.